The van der Waals surface area contributed by atoms with Crippen molar-refractivity contribution in [2.75, 3.05) is 19.7 Å². The lowest BCUT2D eigenvalue weighted by Gasteiger charge is -2.23. The highest BCUT2D eigenvalue weighted by molar-refractivity contribution is 5.69. The number of nitrogens with zero attached hydrogens (tertiary/aromatic N) is 1. The maximum Gasteiger partial charge on any atom is 0.410 e. The molecule has 0 bridgehead atoms. The average Bonchev–Trinajstić information content (AvgIpc) is 2.44. The lowest BCUT2D eigenvalue weighted by molar-refractivity contribution is 0.0516. The molecule has 0 radical (unpaired) electrons. The van der Waals surface area contributed by atoms with E-state index in [9.17, 15) is 14.0 Å². The summed E-state index contributed by atoms with van der Waals surface area (Å²) in [5, 5.41) is 2.58. The summed E-state index contributed by atoms with van der Waals surface area (Å²) in [6.07, 6.45) is -1.08. The number of ether oxygens (including phenoxy) is 2. The first kappa shape index (κ1) is 19.7. The molecule has 0 fully saturated rings. The fourth-order valence-corrected chi connectivity index (χ4v) is 1.91. The van der Waals surface area contributed by atoms with E-state index in [4.69, 9.17) is 9.47 Å². The minimum atomic E-state index is -0.591. The average molecular weight is 340 g/mol. The Labute approximate surface area is 141 Å². The minimum Gasteiger partial charge on any atom is -0.450 e. The molecule has 0 heterocycles. The normalized spacial score (nSPS) is 10.9. The summed E-state index contributed by atoms with van der Waals surface area (Å²) >= 11 is 0. The first-order valence-corrected chi connectivity index (χ1v) is 7.84. The third kappa shape index (κ3) is 7.80. The van der Waals surface area contributed by atoms with Crippen molar-refractivity contribution in [1.82, 2.24) is 10.2 Å². The quantitative estimate of drug-likeness (QED) is 0.863. The van der Waals surface area contributed by atoms with Crippen molar-refractivity contribution in [2.24, 2.45) is 0 Å². The highest BCUT2D eigenvalue weighted by atomic mass is 19.1. The predicted octanol–water partition coefficient (Wildman–Crippen LogP) is 3.31. The van der Waals surface area contributed by atoms with Gasteiger partial charge in [-0.15, -0.1) is 0 Å². The first-order valence-electron chi connectivity index (χ1n) is 7.84. The van der Waals surface area contributed by atoms with Crippen LogP contribution in [0.2, 0.25) is 0 Å². The van der Waals surface area contributed by atoms with Crippen LogP contribution in [0.15, 0.2) is 24.3 Å². The first-order chi connectivity index (χ1) is 11.2. The minimum absolute atomic E-state index is 0.187. The molecule has 0 atom stereocenters. The fourth-order valence-electron chi connectivity index (χ4n) is 1.91. The van der Waals surface area contributed by atoms with Crippen molar-refractivity contribution in [3.05, 3.63) is 35.6 Å². The van der Waals surface area contributed by atoms with Crippen LogP contribution in [0.5, 0.6) is 0 Å². The number of amides is 2. The molecule has 0 aromatic heterocycles. The van der Waals surface area contributed by atoms with Crippen molar-refractivity contribution >= 4 is 12.2 Å². The van der Waals surface area contributed by atoms with Gasteiger partial charge in [0, 0.05) is 19.6 Å². The maximum absolute atomic E-state index is 13.3. The Kier molecular flexibility index (Phi) is 7.48. The number of nitrogens with one attached hydrogen (secondary N) is 1. The van der Waals surface area contributed by atoms with Crippen molar-refractivity contribution in [3.63, 3.8) is 0 Å². The number of hydrogen-bond donors (Lipinski definition) is 1. The fraction of sp³-hybridized carbons (Fsp3) is 0.529. The van der Waals surface area contributed by atoms with Gasteiger partial charge in [0.05, 0.1) is 6.61 Å². The highest BCUT2D eigenvalue weighted by Crippen LogP contribution is 2.09. The second-order valence-electron chi connectivity index (χ2n) is 6.18. The van der Waals surface area contributed by atoms with Crippen LogP contribution >= 0.6 is 0 Å². The van der Waals surface area contributed by atoms with Gasteiger partial charge in [-0.1, -0.05) is 12.1 Å². The van der Waals surface area contributed by atoms with Gasteiger partial charge in [0.1, 0.15) is 11.4 Å². The van der Waals surface area contributed by atoms with Crippen LogP contribution in [0.25, 0.3) is 0 Å². The van der Waals surface area contributed by atoms with Crippen LogP contribution in [0.4, 0.5) is 14.0 Å². The molecule has 0 saturated heterocycles. The molecule has 1 aromatic carbocycles. The van der Waals surface area contributed by atoms with Gasteiger partial charge in [0.15, 0.2) is 0 Å². The van der Waals surface area contributed by atoms with Crippen molar-refractivity contribution < 1.29 is 23.5 Å². The lowest BCUT2D eigenvalue weighted by Crippen LogP contribution is -2.40. The van der Waals surface area contributed by atoms with E-state index in [1.807, 2.05) is 0 Å². The molecule has 0 aliphatic rings. The van der Waals surface area contributed by atoms with Crippen LogP contribution < -0.4 is 5.32 Å². The van der Waals surface area contributed by atoms with Gasteiger partial charge < -0.3 is 19.7 Å². The predicted molar refractivity (Wildman–Crippen MR) is 88.1 cm³/mol. The Morgan fingerprint density at radius 2 is 2.00 bits per heavy atom. The Bertz CT molecular complexity index is 558. The third-order valence-electron chi connectivity index (χ3n) is 2.84. The highest BCUT2D eigenvalue weighted by Gasteiger charge is 2.18. The molecule has 1 N–H and O–H groups in total. The van der Waals surface area contributed by atoms with Crippen molar-refractivity contribution in [1.29, 1.82) is 0 Å². The largest absolute Gasteiger partial charge is 0.450 e. The van der Waals surface area contributed by atoms with E-state index in [1.165, 1.54) is 17.0 Å². The molecular weight excluding hydrogens is 315 g/mol. The van der Waals surface area contributed by atoms with Crippen LogP contribution in [0.1, 0.15) is 33.3 Å². The standard InChI is InChI=1S/C17H25FN2O4/c1-5-23-16(22)20(12-13-7-6-8-14(18)11-13)10-9-19-15(21)24-17(2,3)4/h6-8,11H,5,9-10,12H2,1-4H3,(H,19,21). The summed E-state index contributed by atoms with van der Waals surface area (Å²) in [4.78, 5) is 25.0. The lowest BCUT2D eigenvalue weighted by atomic mass is 10.2. The molecule has 6 nitrogen and oxygen atoms in total. The van der Waals surface area contributed by atoms with E-state index in [-0.39, 0.29) is 32.1 Å². The van der Waals surface area contributed by atoms with Gasteiger partial charge in [-0.3, -0.25) is 0 Å². The summed E-state index contributed by atoms with van der Waals surface area (Å²) in [5.41, 5.74) is 0.0484. The van der Waals surface area contributed by atoms with Crippen LogP contribution in [-0.2, 0) is 16.0 Å². The monoisotopic (exact) mass is 340 g/mol. The third-order valence-corrected chi connectivity index (χ3v) is 2.84. The van der Waals surface area contributed by atoms with E-state index < -0.39 is 17.8 Å². The van der Waals surface area contributed by atoms with E-state index in [1.54, 1.807) is 39.8 Å². The molecule has 134 valence electrons. The number of benzene rings is 1. The topological polar surface area (TPSA) is 67.9 Å². The number of hydrogen-bond acceptors (Lipinski definition) is 4. The summed E-state index contributed by atoms with van der Waals surface area (Å²) < 4.78 is 23.4. The van der Waals surface area contributed by atoms with Gasteiger partial charge in [0.25, 0.3) is 0 Å². The van der Waals surface area contributed by atoms with E-state index >= 15 is 0 Å². The van der Waals surface area contributed by atoms with Gasteiger partial charge in [-0.05, 0) is 45.4 Å². The number of carbonyl (C=O) groups is 2. The molecule has 0 aliphatic carbocycles. The molecule has 0 unspecified atom stereocenters. The zero-order chi connectivity index (χ0) is 18.2. The molecular formula is C17H25FN2O4. The van der Waals surface area contributed by atoms with Gasteiger partial charge in [0.2, 0.25) is 0 Å². The van der Waals surface area contributed by atoms with Gasteiger partial charge >= 0.3 is 12.2 Å². The zero-order valence-electron chi connectivity index (χ0n) is 14.6. The van der Waals surface area contributed by atoms with Gasteiger partial charge in [-0.2, -0.15) is 0 Å². The Morgan fingerprint density at radius 1 is 1.29 bits per heavy atom. The molecule has 0 saturated carbocycles. The molecule has 24 heavy (non-hydrogen) atoms. The maximum atomic E-state index is 13.3. The van der Waals surface area contributed by atoms with E-state index in [0.29, 0.717) is 5.56 Å². The molecule has 1 rings (SSSR count). The smallest absolute Gasteiger partial charge is 0.410 e. The Balaban J connectivity index is 2.60. The molecule has 7 heteroatoms. The SMILES string of the molecule is CCOC(=O)N(CCNC(=O)OC(C)(C)C)Cc1cccc(F)c1. The molecule has 1 aromatic rings. The van der Waals surface area contributed by atoms with Crippen LogP contribution in [0.3, 0.4) is 0 Å². The second kappa shape index (κ2) is 9.10. The Morgan fingerprint density at radius 3 is 2.58 bits per heavy atom. The van der Waals surface area contributed by atoms with Gasteiger partial charge in [-0.25, -0.2) is 14.0 Å². The Hall–Kier alpha value is -2.31. The second-order valence-corrected chi connectivity index (χ2v) is 6.18. The van der Waals surface area contributed by atoms with Crippen LogP contribution in [0, 0.1) is 5.82 Å². The molecule has 0 spiro atoms. The number of alkyl carbamates (subject to hydrolysis) is 1. The summed E-state index contributed by atoms with van der Waals surface area (Å²) in [6, 6.07) is 5.99. The van der Waals surface area contributed by atoms with Crippen molar-refractivity contribution in [2.45, 2.75) is 39.8 Å². The number of carbonyl (C=O) groups excluding carboxylic acids is 2. The molecule has 0 aliphatic heterocycles. The summed E-state index contributed by atoms with van der Waals surface area (Å²) in [7, 11) is 0. The van der Waals surface area contributed by atoms with E-state index in [2.05, 4.69) is 5.32 Å². The van der Waals surface area contributed by atoms with E-state index in [0.717, 1.165) is 0 Å². The number of halogens is 1. The summed E-state index contributed by atoms with van der Waals surface area (Å²) in [5.74, 6) is -0.372. The zero-order valence-corrected chi connectivity index (χ0v) is 14.6. The van der Waals surface area contributed by atoms with Crippen molar-refractivity contribution in [3.8, 4) is 0 Å². The number of rotatable bonds is 6. The molecule has 2 amide bonds. The summed E-state index contributed by atoms with van der Waals surface area (Å²) in [6.45, 7) is 7.84. The van der Waals surface area contributed by atoms with Crippen LogP contribution in [-0.4, -0.2) is 42.4 Å².